The van der Waals surface area contributed by atoms with E-state index in [1.165, 1.54) is 11.3 Å². The van der Waals surface area contributed by atoms with E-state index in [-0.39, 0.29) is 12.7 Å². The molecule has 1 N–H and O–H groups in total. The first-order valence-corrected chi connectivity index (χ1v) is 10.7. The molecular formula is C21H27NO7S. The van der Waals surface area contributed by atoms with Crippen molar-refractivity contribution in [3.8, 4) is 0 Å². The Balaban J connectivity index is 2.06. The second-order valence-corrected chi connectivity index (χ2v) is 8.36. The van der Waals surface area contributed by atoms with Gasteiger partial charge in [-0.15, -0.1) is 11.3 Å². The molecule has 164 valence electrons. The Morgan fingerprint density at radius 2 is 1.83 bits per heavy atom. The third-order valence-corrected chi connectivity index (χ3v) is 5.47. The Kier molecular flexibility index (Phi) is 8.58. The van der Waals surface area contributed by atoms with Crippen LogP contribution in [0.15, 0.2) is 12.2 Å². The summed E-state index contributed by atoms with van der Waals surface area (Å²) in [5.41, 5.74) is 1.31. The van der Waals surface area contributed by atoms with E-state index in [1.54, 1.807) is 20.8 Å². The number of fused-ring (bicyclic) bond motifs is 1. The maximum Gasteiger partial charge on any atom is 0.341 e. The quantitative estimate of drug-likeness (QED) is 0.378. The number of anilines is 1. The first-order chi connectivity index (χ1) is 14.2. The molecule has 30 heavy (non-hydrogen) atoms. The van der Waals surface area contributed by atoms with Gasteiger partial charge < -0.3 is 19.5 Å². The van der Waals surface area contributed by atoms with Crippen molar-refractivity contribution in [2.75, 3.05) is 18.5 Å². The minimum atomic E-state index is -0.850. The van der Waals surface area contributed by atoms with E-state index in [0.717, 1.165) is 41.9 Å². The lowest BCUT2D eigenvalue weighted by Crippen LogP contribution is -2.22. The molecule has 0 saturated carbocycles. The van der Waals surface area contributed by atoms with Crippen molar-refractivity contribution in [1.29, 1.82) is 0 Å². The third kappa shape index (κ3) is 6.69. The number of rotatable bonds is 8. The van der Waals surface area contributed by atoms with Gasteiger partial charge in [0, 0.05) is 17.0 Å². The van der Waals surface area contributed by atoms with Gasteiger partial charge in [0.05, 0.1) is 18.3 Å². The number of thiophene rings is 1. The zero-order chi connectivity index (χ0) is 22.3. The zero-order valence-corrected chi connectivity index (χ0v) is 18.4. The number of hydrogen-bond donors (Lipinski definition) is 1. The first kappa shape index (κ1) is 23.6. The lowest BCUT2D eigenvalue weighted by atomic mass is 9.88. The van der Waals surface area contributed by atoms with Gasteiger partial charge in [0.2, 0.25) is 0 Å². The average Bonchev–Trinajstić information content (AvgIpc) is 3.01. The Morgan fingerprint density at radius 1 is 1.17 bits per heavy atom. The predicted octanol–water partition coefficient (Wildman–Crippen LogP) is 3.04. The van der Waals surface area contributed by atoms with Crippen molar-refractivity contribution in [2.24, 2.45) is 5.92 Å². The monoisotopic (exact) mass is 437 g/mol. The summed E-state index contributed by atoms with van der Waals surface area (Å²) in [6.45, 7) is 6.95. The van der Waals surface area contributed by atoms with Crippen LogP contribution in [0.25, 0.3) is 0 Å². The van der Waals surface area contributed by atoms with E-state index in [2.05, 4.69) is 17.0 Å². The summed E-state index contributed by atoms with van der Waals surface area (Å²) in [4.78, 5) is 48.8. The van der Waals surface area contributed by atoms with Gasteiger partial charge >= 0.3 is 17.9 Å². The normalized spacial score (nSPS) is 15.6. The fourth-order valence-corrected chi connectivity index (χ4v) is 4.42. The van der Waals surface area contributed by atoms with E-state index in [9.17, 15) is 19.2 Å². The van der Waals surface area contributed by atoms with Gasteiger partial charge in [-0.1, -0.05) is 6.92 Å². The molecule has 1 unspecified atom stereocenters. The van der Waals surface area contributed by atoms with E-state index in [1.807, 2.05) is 0 Å². The maximum atomic E-state index is 12.6. The summed E-state index contributed by atoms with van der Waals surface area (Å²) in [5, 5.41) is 3.07. The number of carbonyl (C=O) groups excluding carboxylic acids is 4. The summed E-state index contributed by atoms with van der Waals surface area (Å²) in [6.07, 6.45) is 4.08. The van der Waals surface area contributed by atoms with Crippen LogP contribution in [0.3, 0.4) is 0 Å². The molecule has 1 aliphatic rings. The highest BCUT2D eigenvalue weighted by molar-refractivity contribution is 7.17. The molecule has 9 heteroatoms. The Labute approximate surface area is 179 Å². The Morgan fingerprint density at radius 3 is 2.47 bits per heavy atom. The topological polar surface area (TPSA) is 108 Å². The van der Waals surface area contributed by atoms with Crippen LogP contribution in [0, 0.1) is 5.92 Å². The lowest BCUT2D eigenvalue weighted by Gasteiger charge is -2.18. The SMILES string of the molecule is CCOC(=O)C=CC(=O)OCC(=O)Nc1sc2c(c1C(=O)OC(C)C)CCC(C)C2. The molecule has 0 spiro atoms. The van der Waals surface area contributed by atoms with Gasteiger partial charge in [-0.05, 0) is 51.5 Å². The van der Waals surface area contributed by atoms with E-state index in [0.29, 0.717) is 16.5 Å². The third-order valence-electron chi connectivity index (χ3n) is 4.30. The first-order valence-electron chi connectivity index (χ1n) is 9.88. The molecule has 1 aromatic rings. The smallest absolute Gasteiger partial charge is 0.341 e. The van der Waals surface area contributed by atoms with Crippen LogP contribution in [0.1, 0.15) is 54.9 Å². The summed E-state index contributed by atoms with van der Waals surface area (Å²) in [7, 11) is 0. The molecular weight excluding hydrogens is 410 g/mol. The molecule has 0 fully saturated rings. The van der Waals surface area contributed by atoms with E-state index < -0.39 is 30.4 Å². The second-order valence-electron chi connectivity index (χ2n) is 7.25. The molecule has 1 atom stereocenters. The van der Waals surface area contributed by atoms with Gasteiger partial charge in [0.15, 0.2) is 6.61 Å². The van der Waals surface area contributed by atoms with Crippen molar-refractivity contribution in [2.45, 2.75) is 53.1 Å². The molecule has 1 heterocycles. The molecule has 8 nitrogen and oxygen atoms in total. The molecule has 1 amide bonds. The summed E-state index contributed by atoms with van der Waals surface area (Å²) < 4.78 is 14.8. The van der Waals surface area contributed by atoms with Crippen LogP contribution < -0.4 is 5.32 Å². The van der Waals surface area contributed by atoms with Crippen LogP contribution >= 0.6 is 11.3 Å². The number of hydrogen-bond acceptors (Lipinski definition) is 8. The van der Waals surface area contributed by atoms with E-state index >= 15 is 0 Å². The van der Waals surface area contributed by atoms with Crippen molar-refractivity contribution >= 4 is 40.2 Å². The fourth-order valence-electron chi connectivity index (χ4n) is 3.00. The van der Waals surface area contributed by atoms with E-state index in [4.69, 9.17) is 9.47 Å². The molecule has 0 aromatic carbocycles. The molecule has 1 aliphatic carbocycles. The van der Waals surface area contributed by atoms with Gasteiger partial charge in [-0.25, -0.2) is 14.4 Å². The molecule has 0 bridgehead atoms. The summed E-state index contributed by atoms with van der Waals surface area (Å²) >= 11 is 1.35. The minimum Gasteiger partial charge on any atom is -0.463 e. The molecule has 2 rings (SSSR count). The minimum absolute atomic E-state index is 0.186. The largest absolute Gasteiger partial charge is 0.463 e. The molecule has 0 radical (unpaired) electrons. The highest BCUT2D eigenvalue weighted by atomic mass is 32.1. The maximum absolute atomic E-state index is 12.6. The van der Waals surface area contributed by atoms with Crippen molar-refractivity contribution < 1.29 is 33.4 Å². The number of ether oxygens (including phenoxy) is 3. The van der Waals surface area contributed by atoms with Crippen molar-refractivity contribution in [3.63, 3.8) is 0 Å². The summed E-state index contributed by atoms with van der Waals surface area (Å²) in [6, 6.07) is 0. The Bertz CT molecular complexity index is 841. The molecule has 1 aromatic heterocycles. The number of amides is 1. The van der Waals surface area contributed by atoms with Gasteiger partial charge in [0.1, 0.15) is 5.00 Å². The highest BCUT2D eigenvalue weighted by Gasteiger charge is 2.29. The fraction of sp³-hybridized carbons (Fsp3) is 0.524. The van der Waals surface area contributed by atoms with Crippen LogP contribution in [-0.4, -0.2) is 43.1 Å². The Hall–Kier alpha value is -2.68. The van der Waals surface area contributed by atoms with Gasteiger partial charge in [0.25, 0.3) is 5.91 Å². The van der Waals surface area contributed by atoms with Crippen LogP contribution in [0.2, 0.25) is 0 Å². The zero-order valence-electron chi connectivity index (χ0n) is 17.6. The number of carbonyl (C=O) groups is 4. The number of esters is 3. The van der Waals surface area contributed by atoms with Crippen molar-refractivity contribution in [1.82, 2.24) is 0 Å². The van der Waals surface area contributed by atoms with Crippen LogP contribution in [0.5, 0.6) is 0 Å². The van der Waals surface area contributed by atoms with Gasteiger partial charge in [-0.2, -0.15) is 0 Å². The summed E-state index contributed by atoms with van der Waals surface area (Å²) in [5.74, 6) is -2.08. The van der Waals surface area contributed by atoms with Crippen molar-refractivity contribution in [3.05, 3.63) is 28.2 Å². The number of nitrogens with one attached hydrogen (secondary N) is 1. The van der Waals surface area contributed by atoms with Crippen LogP contribution in [-0.2, 0) is 41.4 Å². The highest BCUT2D eigenvalue weighted by Crippen LogP contribution is 2.40. The standard InChI is InChI=1S/C21H27NO7S/c1-5-27-17(24)8-9-18(25)28-11-16(23)22-20-19(21(26)29-12(2)3)14-7-6-13(4)10-15(14)30-20/h8-9,12-13H,5-7,10-11H2,1-4H3,(H,22,23). The lowest BCUT2D eigenvalue weighted by molar-refractivity contribution is -0.143. The second kappa shape index (κ2) is 10.9. The molecule has 0 aliphatic heterocycles. The van der Waals surface area contributed by atoms with Gasteiger partial charge in [-0.3, -0.25) is 4.79 Å². The predicted molar refractivity (Wildman–Crippen MR) is 111 cm³/mol. The molecule has 0 saturated heterocycles. The van der Waals surface area contributed by atoms with Crippen LogP contribution in [0.4, 0.5) is 5.00 Å². The average molecular weight is 438 g/mol.